The van der Waals surface area contributed by atoms with Crippen molar-refractivity contribution in [3.8, 4) is 0 Å². The lowest BCUT2D eigenvalue weighted by Crippen LogP contribution is -2.38. The van der Waals surface area contributed by atoms with Gasteiger partial charge >= 0.3 is 0 Å². The molecule has 1 saturated heterocycles. The standard InChI is InChI=1S/C10H15Cl2NO2/c1-9(6-10(9,11)12)8(14)13-5-7-3-2-4-15-7/h7H,2-6H2,1H3,(H,13,14)/t7-,9-/m1/s1. The van der Waals surface area contributed by atoms with Crippen molar-refractivity contribution in [2.24, 2.45) is 5.41 Å². The minimum atomic E-state index is -0.881. The molecule has 0 radical (unpaired) electrons. The number of carbonyl (C=O) groups excluding carboxylic acids is 1. The van der Waals surface area contributed by atoms with Crippen LogP contribution in [0.3, 0.4) is 0 Å². The van der Waals surface area contributed by atoms with E-state index in [2.05, 4.69) is 5.32 Å². The number of alkyl halides is 2. The Hall–Kier alpha value is 0.01000. The highest BCUT2D eigenvalue weighted by Gasteiger charge is 2.67. The SMILES string of the molecule is C[C@]1(C(=O)NC[C@H]2CCCO2)CC1(Cl)Cl. The summed E-state index contributed by atoms with van der Waals surface area (Å²) in [5, 5.41) is 2.85. The van der Waals surface area contributed by atoms with E-state index in [0.29, 0.717) is 13.0 Å². The molecular weight excluding hydrogens is 237 g/mol. The first-order chi connectivity index (χ1) is 6.96. The fourth-order valence-corrected chi connectivity index (χ4v) is 2.56. The molecular formula is C10H15Cl2NO2. The fourth-order valence-electron chi connectivity index (χ4n) is 1.85. The van der Waals surface area contributed by atoms with Gasteiger partial charge in [0.2, 0.25) is 5.91 Å². The summed E-state index contributed by atoms with van der Waals surface area (Å²) in [4.78, 5) is 11.8. The Morgan fingerprint density at radius 3 is 2.73 bits per heavy atom. The fraction of sp³-hybridized carbons (Fsp3) is 0.900. The van der Waals surface area contributed by atoms with Crippen molar-refractivity contribution in [3.05, 3.63) is 0 Å². The van der Waals surface area contributed by atoms with Gasteiger partial charge in [0.15, 0.2) is 0 Å². The van der Waals surface area contributed by atoms with Crippen LogP contribution in [0.2, 0.25) is 0 Å². The predicted molar refractivity (Wildman–Crippen MR) is 59.1 cm³/mol. The molecule has 0 aromatic carbocycles. The molecule has 86 valence electrons. The summed E-state index contributed by atoms with van der Waals surface area (Å²) in [6.45, 7) is 3.16. The second-order valence-corrected chi connectivity index (χ2v) is 6.04. The number of hydrogen-bond donors (Lipinski definition) is 1. The van der Waals surface area contributed by atoms with Crippen LogP contribution in [0.25, 0.3) is 0 Å². The number of halogens is 2. The summed E-state index contributed by atoms with van der Waals surface area (Å²) in [6, 6.07) is 0. The molecule has 2 aliphatic rings. The zero-order chi connectivity index (χ0) is 11.1. The maximum absolute atomic E-state index is 11.8. The van der Waals surface area contributed by atoms with E-state index in [-0.39, 0.29) is 12.0 Å². The van der Waals surface area contributed by atoms with Gasteiger partial charge in [-0.3, -0.25) is 4.79 Å². The summed E-state index contributed by atoms with van der Waals surface area (Å²) in [5.41, 5.74) is -0.616. The average Bonchev–Trinajstić information content (AvgIpc) is 2.57. The summed E-state index contributed by atoms with van der Waals surface area (Å²) in [7, 11) is 0. The second kappa shape index (κ2) is 3.79. The molecule has 5 heteroatoms. The number of nitrogens with one attached hydrogen (secondary N) is 1. The van der Waals surface area contributed by atoms with Crippen molar-refractivity contribution in [1.82, 2.24) is 5.32 Å². The van der Waals surface area contributed by atoms with E-state index >= 15 is 0 Å². The van der Waals surface area contributed by atoms with E-state index in [9.17, 15) is 4.79 Å². The van der Waals surface area contributed by atoms with Crippen LogP contribution < -0.4 is 5.32 Å². The van der Waals surface area contributed by atoms with Gasteiger partial charge in [0.1, 0.15) is 4.33 Å². The van der Waals surface area contributed by atoms with Crippen molar-refractivity contribution >= 4 is 29.1 Å². The quantitative estimate of drug-likeness (QED) is 0.778. The third kappa shape index (κ3) is 2.10. The largest absolute Gasteiger partial charge is 0.376 e. The third-order valence-corrected chi connectivity index (χ3v) is 4.37. The van der Waals surface area contributed by atoms with Crippen molar-refractivity contribution in [3.63, 3.8) is 0 Å². The summed E-state index contributed by atoms with van der Waals surface area (Å²) >= 11 is 11.8. The Morgan fingerprint density at radius 2 is 2.27 bits per heavy atom. The first-order valence-electron chi connectivity index (χ1n) is 5.23. The van der Waals surface area contributed by atoms with E-state index in [0.717, 1.165) is 19.4 Å². The van der Waals surface area contributed by atoms with Gasteiger partial charge in [0.25, 0.3) is 0 Å². The molecule has 0 spiro atoms. The van der Waals surface area contributed by atoms with Crippen molar-refractivity contribution in [2.75, 3.05) is 13.2 Å². The van der Waals surface area contributed by atoms with Gasteiger partial charge in [-0.15, -0.1) is 23.2 Å². The highest BCUT2D eigenvalue weighted by molar-refractivity contribution is 6.53. The van der Waals surface area contributed by atoms with E-state index in [4.69, 9.17) is 27.9 Å². The Labute approximate surface area is 99.4 Å². The van der Waals surface area contributed by atoms with Gasteiger partial charge in [-0.2, -0.15) is 0 Å². The predicted octanol–water partition coefficient (Wildman–Crippen LogP) is 1.87. The van der Waals surface area contributed by atoms with E-state index in [1.807, 2.05) is 0 Å². The molecule has 1 saturated carbocycles. The van der Waals surface area contributed by atoms with Crippen LogP contribution in [-0.2, 0) is 9.53 Å². The van der Waals surface area contributed by atoms with Crippen LogP contribution in [0.15, 0.2) is 0 Å². The molecule has 1 aliphatic heterocycles. The van der Waals surface area contributed by atoms with Gasteiger partial charge in [0, 0.05) is 13.2 Å². The summed E-state index contributed by atoms with van der Waals surface area (Å²) in [5.74, 6) is -0.0667. The van der Waals surface area contributed by atoms with Crippen molar-refractivity contribution in [1.29, 1.82) is 0 Å². The van der Waals surface area contributed by atoms with Crippen LogP contribution in [-0.4, -0.2) is 29.5 Å². The molecule has 0 unspecified atom stereocenters. The summed E-state index contributed by atoms with van der Waals surface area (Å²) in [6.07, 6.45) is 2.79. The van der Waals surface area contributed by atoms with Gasteiger partial charge in [-0.05, 0) is 26.2 Å². The second-order valence-electron chi connectivity index (χ2n) is 4.56. The molecule has 0 aromatic heterocycles. The molecule has 2 rings (SSSR count). The van der Waals surface area contributed by atoms with Gasteiger partial charge in [-0.1, -0.05) is 0 Å². The van der Waals surface area contributed by atoms with Crippen LogP contribution >= 0.6 is 23.2 Å². The van der Waals surface area contributed by atoms with Gasteiger partial charge < -0.3 is 10.1 Å². The van der Waals surface area contributed by atoms with Gasteiger partial charge in [-0.25, -0.2) is 0 Å². The third-order valence-electron chi connectivity index (χ3n) is 3.27. The zero-order valence-corrected chi connectivity index (χ0v) is 10.2. The maximum atomic E-state index is 11.8. The van der Waals surface area contributed by atoms with Crippen molar-refractivity contribution in [2.45, 2.75) is 36.6 Å². The first kappa shape index (κ1) is 11.5. The highest BCUT2D eigenvalue weighted by Crippen LogP contribution is 2.63. The topological polar surface area (TPSA) is 38.3 Å². The maximum Gasteiger partial charge on any atom is 0.229 e. The Kier molecular flexibility index (Phi) is 2.91. The minimum Gasteiger partial charge on any atom is -0.376 e. The number of ether oxygens (including phenoxy) is 1. The van der Waals surface area contributed by atoms with Crippen LogP contribution in [0, 0.1) is 5.41 Å². The Balaban J connectivity index is 1.78. The molecule has 3 nitrogen and oxygen atoms in total. The molecule has 0 bridgehead atoms. The number of carbonyl (C=O) groups is 1. The Morgan fingerprint density at radius 1 is 1.60 bits per heavy atom. The highest BCUT2D eigenvalue weighted by atomic mass is 35.5. The molecule has 2 atom stereocenters. The van der Waals surface area contributed by atoms with E-state index in [1.54, 1.807) is 6.92 Å². The number of amides is 1. The summed E-state index contributed by atoms with van der Waals surface area (Å²) < 4.78 is 4.53. The molecule has 0 aromatic rings. The molecule has 2 fully saturated rings. The van der Waals surface area contributed by atoms with Crippen molar-refractivity contribution < 1.29 is 9.53 Å². The smallest absolute Gasteiger partial charge is 0.229 e. The monoisotopic (exact) mass is 251 g/mol. The Bertz CT molecular complexity index is 277. The molecule has 15 heavy (non-hydrogen) atoms. The zero-order valence-electron chi connectivity index (χ0n) is 8.69. The molecule has 1 aliphatic carbocycles. The number of rotatable bonds is 3. The van der Waals surface area contributed by atoms with Crippen LogP contribution in [0.5, 0.6) is 0 Å². The average molecular weight is 252 g/mol. The lowest BCUT2D eigenvalue weighted by atomic mass is 10.1. The van der Waals surface area contributed by atoms with E-state index < -0.39 is 9.75 Å². The van der Waals surface area contributed by atoms with Crippen LogP contribution in [0.4, 0.5) is 0 Å². The van der Waals surface area contributed by atoms with Crippen LogP contribution in [0.1, 0.15) is 26.2 Å². The minimum absolute atomic E-state index is 0.0667. The molecule has 1 amide bonds. The lowest BCUT2D eigenvalue weighted by molar-refractivity contribution is -0.126. The molecule has 1 heterocycles. The lowest BCUT2D eigenvalue weighted by Gasteiger charge is -2.15. The number of hydrogen-bond acceptors (Lipinski definition) is 2. The molecule has 1 N–H and O–H groups in total. The normalized spacial score (nSPS) is 37.7. The van der Waals surface area contributed by atoms with E-state index in [1.165, 1.54) is 0 Å². The first-order valence-corrected chi connectivity index (χ1v) is 5.99. The van der Waals surface area contributed by atoms with Gasteiger partial charge in [0.05, 0.1) is 11.5 Å².